The molecule has 0 N–H and O–H groups in total. The molecule has 41 heavy (non-hydrogen) atoms. The summed E-state index contributed by atoms with van der Waals surface area (Å²) in [5.41, 5.74) is 6.06. The molecule has 1 aromatic heterocycles. The van der Waals surface area contributed by atoms with Crippen LogP contribution in [-0.2, 0) is 29.5 Å². The Balaban J connectivity index is 1.83. The van der Waals surface area contributed by atoms with Gasteiger partial charge >= 0.3 is 10.1 Å². The van der Waals surface area contributed by atoms with Gasteiger partial charge in [0.2, 0.25) is 0 Å². The highest BCUT2D eigenvalue weighted by Gasteiger charge is 2.31. The van der Waals surface area contributed by atoms with Gasteiger partial charge in [0.1, 0.15) is 0 Å². The largest absolute Gasteiger partial charge is 0.493 e. The highest BCUT2D eigenvalue weighted by atomic mass is 32.2. The lowest BCUT2D eigenvalue weighted by atomic mass is 9.90. The van der Waals surface area contributed by atoms with E-state index in [1.54, 1.807) is 52.7 Å². The molecule has 0 atom stereocenters. The number of aldehydes is 1. The zero-order valence-corrected chi connectivity index (χ0v) is 24.3. The maximum atomic E-state index is 12.8. The lowest BCUT2D eigenvalue weighted by Gasteiger charge is -2.23. The highest BCUT2D eigenvalue weighted by molar-refractivity contribution is 7.86. The van der Waals surface area contributed by atoms with Gasteiger partial charge in [0, 0.05) is 29.7 Å². The second kappa shape index (κ2) is 11.2. The van der Waals surface area contributed by atoms with Crippen molar-refractivity contribution >= 4 is 16.4 Å². The zero-order valence-electron chi connectivity index (χ0n) is 23.5. The van der Waals surface area contributed by atoms with Crippen molar-refractivity contribution in [1.82, 2.24) is 4.57 Å². The van der Waals surface area contributed by atoms with E-state index in [1.807, 2.05) is 34.9 Å². The number of aryl methyl sites for hydroxylation is 1. The monoisotopic (exact) mass is 577 g/mol. The lowest BCUT2D eigenvalue weighted by Crippen LogP contribution is -2.14. The highest BCUT2D eigenvalue weighted by Crippen LogP contribution is 2.47. The molecule has 2 heterocycles. The third-order valence-electron chi connectivity index (χ3n) is 7.21. The van der Waals surface area contributed by atoms with Crippen molar-refractivity contribution < 1.29 is 36.3 Å². The smallest absolute Gasteiger partial charge is 0.306 e. The van der Waals surface area contributed by atoms with Crippen LogP contribution in [0.5, 0.6) is 28.7 Å². The van der Waals surface area contributed by atoms with Crippen LogP contribution in [-0.4, -0.2) is 54.0 Å². The number of carbonyl (C=O) groups is 1. The Morgan fingerprint density at radius 3 is 2.12 bits per heavy atom. The molecule has 214 valence electrons. The van der Waals surface area contributed by atoms with Crippen LogP contribution in [0.25, 0.3) is 22.4 Å². The maximum Gasteiger partial charge on any atom is 0.306 e. The third kappa shape index (κ3) is 5.22. The minimum atomic E-state index is -3.84. The van der Waals surface area contributed by atoms with Crippen molar-refractivity contribution in [3.8, 4) is 51.1 Å². The van der Waals surface area contributed by atoms with Gasteiger partial charge in [0.05, 0.1) is 46.1 Å². The Morgan fingerprint density at radius 1 is 0.805 bits per heavy atom. The van der Waals surface area contributed by atoms with Gasteiger partial charge < -0.3 is 27.7 Å². The second-order valence-electron chi connectivity index (χ2n) is 9.62. The SMILES string of the molecule is COc1ccc(Cc2c(-c3ccccc3OS(C)(=O)=O)c(C=O)n3c2-c2cc(OC)c(OC)cc2CC3)cc1OC. The van der Waals surface area contributed by atoms with Crippen molar-refractivity contribution in [2.75, 3.05) is 34.7 Å². The summed E-state index contributed by atoms with van der Waals surface area (Å²) in [4.78, 5) is 12.8. The van der Waals surface area contributed by atoms with Crippen molar-refractivity contribution in [2.24, 2.45) is 0 Å². The average molecular weight is 578 g/mol. The number of benzene rings is 3. The van der Waals surface area contributed by atoms with Gasteiger partial charge in [-0.1, -0.05) is 24.3 Å². The van der Waals surface area contributed by atoms with Crippen molar-refractivity contribution in [1.29, 1.82) is 0 Å². The molecule has 0 aliphatic carbocycles. The molecule has 0 spiro atoms. The summed E-state index contributed by atoms with van der Waals surface area (Å²) < 4.78 is 53.9. The Hall–Kier alpha value is -4.44. The molecule has 0 fully saturated rings. The number of rotatable bonds is 10. The van der Waals surface area contributed by atoms with Crippen molar-refractivity contribution in [2.45, 2.75) is 19.4 Å². The Bertz CT molecular complexity index is 1740. The second-order valence-corrected chi connectivity index (χ2v) is 11.2. The van der Waals surface area contributed by atoms with Crippen molar-refractivity contribution in [3.63, 3.8) is 0 Å². The Labute approximate surface area is 239 Å². The number of carbonyl (C=O) groups excluding carboxylic acids is 1. The summed E-state index contributed by atoms with van der Waals surface area (Å²) >= 11 is 0. The van der Waals surface area contributed by atoms with E-state index in [9.17, 15) is 13.2 Å². The number of para-hydroxylation sites is 1. The third-order valence-corrected chi connectivity index (χ3v) is 7.69. The predicted octanol–water partition coefficient (Wildman–Crippen LogP) is 5.15. The van der Waals surface area contributed by atoms with Gasteiger partial charge in [-0.3, -0.25) is 4.79 Å². The molecule has 9 nitrogen and oxygen atoms in total. The normalized spacial score (nSPS) is 12.2. The van der Waals surface area contributed by atoms with Gasteiger partial charge in [0.25, 0.3) is 0 Å². The van der Waals surface area contributed by atoms with Crippen LogP contribution in [0.3, 0.4) is 0 Å². The number of ether oxygens (including phenoxy) is 4. The number of methoxy groups -OCH3 is 4. The Kier molecular flexibility index (Phi) is 7.68. The predicted molar refractivity (Wildman–Crippen MR) is 155 cm³/mol. The van der Waals surface area contributed by atoms with E-state index in [0.29, 0.717) is 59.2 Å². The minimum Gasteiger partial charge on any atom is -0.493 e. The standard InChI is InChI=1S/C31H31NO8S/c1-36-26-11-10-19(15-27(26)37-2)14-23-30(21-8-6-7-9-25(21)40-41(5,34)35)24(18-33)32-13-12-20-16-28(38-3)29(39-4)17-22(20)31(23)32/h6-11,15-18H,12-14H2,1-5H3. The van der Waals surface area contributed by atoms with Crippen LogP contribution in [0.2, 0.25) is 0 Å². The summed E-state index contributed by atoms with van der Waals surface area (Å²) in [6, 6.07) is 16.4. The van der Waals surface area contributed by atoms with Crippen LogP contribution >= 0.6 is 0 Å². The molecule has 0 saturated carbocycles. The van der Waals surface area contributed by atoms with E-state index in [-0.39, 0.29) is 5.75 Å². The van der Waals surface area contributed by atoms with Gasteiger partial charge in [-0.25, -0.2) is 0 Å². The first-order valence-electron chi connectivity index (χ1n) is 12.9. The van der Waals surface area contributed by atoms with Gasteiger partial charge in [-0.2, -0.15) is 8.42 Å². The van der Waals surface area contributed by atoms with E-state index in [2.05, 4.69) is 0 Å². The average Bonchev–Trinajstić information content (AvgIpc) is 3.28. The van der Waals surface area contributed by atoms with E-state index >= 15 is 0 Å². The van der Waals surface area contributed by atoms with Gasteiger partial charge in [-0.05, 0) is 53.4 Å². The first-order valence-corrected chi connectivity index (χ1v) is 14.7. The first kappa shape index (κ1) is 28.1. The van der Waals surface area contributed by atoms with Crippen LogP contribution in [0.1, 0.15) is 27.2 Å². The van der Waals surface area contributed by atoms with E-state index < -0.39 is 10.1 Å². The summed E-state index contributed by atoms with van der Waals surface area (Å²) in [7, 11) is 2.49. The first-order chi connectivity index (χ1) is 19.7. The van der Waals surface area contributed by atoms with Gasteiger partial charge in [-0.15, -0.1) is 0 Å². The number of hydrogen-bond donors (Lipinski definition) is 0. The molecular formula is C31H31NO8S. The van der Waals surface area contributed by atoms with Crippen LogP contribution in [0.15, 0.2) is 54.6 Å². The fourth-order valence-corrected chi connectivity index (χ4v) is 5.98. The molecule has 1 aliphatic rings. The maximum absolute atomic E-state index is 12.8. The zero-order chi connectivity index (χ0) is 29.3. The summed E-state index contributed by atoms with van der Waals surface area (Å²) in [5, 5.41) is 0. The number of aromatic nitrogens is 1. The fraction of sp³-hybridized carbons (Fsp3) is 0.258. The fourth-order valence-electron chi connectivity index (χ4n) is 5.51. The number of hydrogen-bond acceptors (Lipinski definition) is 8. The molecule has 1 aliphatic heterocycles. The number of fused-ring (bicyclic) bond motifs is 3. The quantitative estimate of drug-likeness (QED) is 0.188. The molecule has 0 bridgehead atoms. The van der Waals surface area contributed by atoms with Gasteiger partial charge in [0.15, 0.2) is 35.0 Å². The molecule has 0 amide bonds. The molecular weight excluding hydrogens is 546 g/mol. The molecule has 0 unspecified atom stereocenters. The molecule has 3 aromatic carbocycles. The molecule has 5 rings (SSSR count). The van der Waals surface area contributed by atoms with Crippen LogP contribution in [0.4, 0.5) is 0 Å². The molecule has 10 heteroatoms. The van der Waals surface area contributed by atoms with Crippen LogP contribution < -0.4 is 23.1 Å². The topological polar surface area (TPSA) is 102 Å². The van der Waals surface area contributed by atoms with Crippen LogP contribution in [0, 0.1) is 0 Å². The van der Waals surface area contributed by atoms with E-state index in [1.165, 1.54) is 0 Å². The molecule has 0 saturated heterocycles. The summed E-state index contributed by atoms with van der Waals surface area (Å²) in [5.74, 6) is 2.49. The van der Waals surface area contributed by atoms with Crippen molar-refractivity contribution in [3.05, 3.63) is 77.0 Å². The summed E-state index contributed by atoms with van der Waals surface area (Å²) in [6.07, 6.45) is 2.88. The summed E-state index contributed by atoms with van der Waals surface area (Å²) in [6.45, 7) is 0.542. The Morgan fingerprint density at radius 2 is 1.46 bits per heavy atom. The minimum absolute atomic E-state index is 0.141. The molecule has 0 radical (unpaired) electrons. The lowest BCUT2D eigenvalue weighted by molar-refractivity contribution is 0.111. The van der Waals surface area contributed by atoms with E-state index in [0.717, 1.165) is 40.5 Å². The number of nitrogens with zero attached hydrogens (tertiary/aromatic N) is 1. The molecule has 4 aromatic rings. The van der Waals surface area contributed by atoms with E-state index in [4.69, 9.17) is 23.1 Å².